The third kappa shape index (κ3) is 5.13. The molecule has 1 aromatic rings. The molecule has 3 aliphatic rings. The lowest BCUT2D eigenvalue weighted by Crippen LogP contribution is -2.60. The second kappa shape index (κ2) is 10.8. The van der Waals surface area contributed by atoms with Crippen molar-refractivity contribution in [2.75, 3.05) is 46.9 Å². The quantitative estimate of drug-likeness (QED) is 0.655. The Morgan fingerprint density at radius 2 is 1.55 bits per heavy atom. The molecule has 2 saturated heterocycles. The van der Waals surface area contributed by atoms with Crippen molar-refractivity contribution in [3.63, 3.8) is 0 Å². The van der Waals surface area contributed by atoms with Gasteiger partial charge in [0.1, 0.15) is 0 Å². The van der Waals surface area contributed by atoms with Crippen molar-refractivity contribution < 1.29 is 19.1 Å². The number of carbonyl (C=O) groups is 2. The number of piperidine rings is 1. The first-order valence-corrected chi connectivity index (χ1v) is 12.6. The van der Waals surface area contributed by atoms with Crippen molar-refractivity contribution in [2.24, 2.45) is 5.92 Å². The number of nitrogens with zero attached hydrogens (tertiary/aromatic N) is 3. The number of amides is 2. The molecule has 33 heavy (non-hydrogen) atoms. The van der Waals surface area contributed by atoms with E-state index in [-0.39, 0.29) is 11.9 Å². The molecule has 0 N–H and O–H groups in total. The Hall–Kier alpha value is -2.28. The molecule has 2 heterocycles. The van der Waals surface area contributed by atoms with E-state index in [0.717, 1.165) is 45.3 Å². The zero-order valence-corrected chi connectivity index (χ0v) is 20.4. The van der Waals surface area contributed by atoms with Crippen LogP contribution >= 0.6 is 0 Å². The van der Waals surface area contributed by atoms with Gasteiger partial charge in [-0.15, -0.1) is 0 Å². The van der Waals surface area contributed by atoms with Gasteiger partial charge in [-0.2, -0.15) is 0 Å². The molecule has 4 rings (SSSR count). The summed E-state index contributed by atoms with van der Waals surface area (Å²) in [7, 11) is 3.17. The molecule has 1 aliphatic carbocycles. The molecule has 2 atom stereocenters. The Morgan fingerprint density at radius 3 is 2.18 bits per heavy atom. The van der Waals surface area contributed by atoms with E-state index >= 15 is 0 Å². The molecule has 7 heteroatoms. The minimum atomic E-state index is -0.0358. The van der Waals surface area contributed by atoms with Gasteiger partial charge in [-0.25, -0.2) is 0 Å². The maximum atomic E-state index is 13.7. The molecule has 2 amide bonds. The molecule has 0 radical (unpaired) electrons. The second-order valence-electron chi connectivity index (χ2n) is 9.76. The summed E-state index contributed by atoms with van der Waals surface area (Å²) in [5.41, 5.74) is 0.603. The van der Waals surface area contributed by atoms with Crippen LogP contribution in [0.2, 0.25) is 0 Å². The minimum absolute atomic E-state index is 0.00370. The van der Waals surface area contributed by atoms with E-state index in [9.17, 15) is 9.59 Å². The fourth-order valence-corrected chi connectivity index (χ4v) is 5.88. The summed E-state index contributed by atoms with van der Waals surface area (Å²) >= 11 is 0. The van der Waals surface area contributed by atoms with Gasteiger partial charge in [0, 0.05) is 44.3 Å². The number of piperazine rings is 1. The van der Waals surface area contributed by atoms with Gasteiger partial charge < -0.3 is 19.3 Å². The van der Waals surface area contributed by atoms with Crippen molar-refractivity contribution >= 4 is 11.8 Å². The summed E-state index contributed by atoms with van der Waals surface area (Å²) in [5.74, 6) is 1.95. The SMILES string of the molecule is COc1ccc(C(=O)N2CCN(C(C(=O)N3CCCCC3C)C3CCCC3)CC2)cc1OC. The van der Waals surface area contributed by atoms with Crippen LogP contribution in [0.4, 0.5) is 0 Å². The lowest BCUT2D eigenvalue weighted by atomic mass is 9.92. The third-order valence-corrected chi connectivity index (χ3v) is 7.81. The van der Waals surface area contributed by atoms with Gasteiger partial charge in [-0.1, -0.05) is 12.8 Å². The lowest BCUT2D eigenvalue weighted by molar-refractivity contribution is -0.143. The Bertz CT molecular complexity index is 831. The van der Waals surface area contributed by atoms with Gasteiger partial charge in [-0.3, -0.25) is 14.5 Å². The number of likely N-dealkylation sites (tertiary alicyclic amines) is 1. The Balaban J connectivity index is 1.44. The molecule has 182 valence electrons. The summed E-state index contributed by atoms with van der Waals surface area (Å²) in [5, 5.41) is 0. The largest absolute Gasteiger partial charge is 0.493 e. The summed E-state index contributed by atoms with van der Waals surface area (Å²) in [6.07, 6.45) is 8.17. The second-order valence-corrected chi connectivity index (χ2v) is 9.76. The van der Waals surface area contributed by atoms with E-state index in [4.69, 9.17) is 9.47 Å². The number of carbonyl (C=O) groups excluding carboxylic acids is 2. The van der Waals surface area contributed by atoms with E-state index in [1.54, 1.807) is 32.4 Å². The van der Waals surface area contributed by atoms with Crippen molar-refractivity contribution in [2.45, 2.75) is 64.0 Å². The van der Waals surface area contributed by atoms with Crippen LogP contribution in [0.3, 0.4) is 0 Å². The standard InChI is InChI=1S/C26H39N3O4/c1-19-8-6-7-13-29(19)26(31)24(20-9-4-5-10-20)27-14-16-28(17-15-27)25(30)21-11-12-22(32-2)23(18-21)33-3/h11-12,18-20,24H,4-10,13-17H2,1-3H3. The number of benzene rings is 1. The molecule has 0 spiro atoms. The smallest absolute Gasteiger partial charge is 0.254 e. The summed E-state index contributed by atoms with van der Waals surface area (Å²) < 4.78 is 10.7. The highest BCUT2D eigenvalue weighted by Crippen LogP contribution is 2.33. The molecule has 1 aromatic carbocycles. The van der Waals surface area contributed by atoms with Crippen LogP contribution in [-0.2, 0) is 4.79 Å². The van der Waals surface area contributed by atoms with Gasteiger partial charge in [-0.05, 0) is 63.1 Å². The van der Waals surface area contributed by atoms with Crippen LogP contribution in [0.1, 0.15) is 62.2 Å². The number of rotatable bonds is 6. The molecule has 1 saturated carbocycles. The van der Waals surface area contributed by atoms with Gasteiger partial charge in [0.25, 0.3) is 5.91 Å². The summed E-state index contributed by atoms with van der Waals surface area (Å²) in [6, 6.07) is 5.61. The predicted molar refractivity (Wildman–Crippen MR) is 128 cm³/mol. The van der Waals surface area contributed by atoms with Crippen molar-refractivity contribution in [3.05, 3.63) is 23.8 Å². The fraction of sp³-hybridized carbons (Fsp3) is 0.692. The number of ether oxygens (including phenoxy) is 2. The summed E-state index contributed by atoms with van der Waals surface area (Å²) in [6.45, 7) is 5.85. The number of methoxy groups -OCH3 is 2. The highest BCUT2D eigenvalue weighted by atomic mass is 16.5. The monoisotopic (exact) mass is 457 g/mol. The fourth-order valence-electron chi connectivity index (χ4n) is 5.88. The molecule has 0 bridgehead atoms. The zero-order valence-electron chi connectivity index (χ0n) is 20.4. The number of hydrogen-bond donors (Lipinski definition) is 0. The van der Waals surface area contributed by atoms with Gasteiger partial charge in [0.2, 0.25) is 5.91 Å². The molecule has 2 unspecified atom stereocenters. The highest BCUT2D eigenvalue weighted by Gasteiger charge is 2.40. The molecular weight excluding hydrogens is 418 g/mol. The molecule has 2 aliphatic heterocycles. The van der Waals surface area contributed by atoms with Crippen molar-refractivity contribution in [1.29, 1.82) is 0 Å². The molecule has 3 fully saturated rings. The first-order chi connectivity index (χ1) is 16.0. The van der Waals surface area contributed by atoms with E-state index in [2.05, 4.69) is 16.7 Å². The van der Waals surface area contributed by atoms with Crippen LogP contribution in [-0.4, -0.2) is 85.5 Å². The van der Waals surface area contributed by atoms with Crippen LogP contribution in [0.5, 0.6) is 11.5 Å². The van der Waals surface area contributed by atoms with Crippen LogP contribution in [0.15, 0.2) is 18.2 Å². The van der Waals surface area contributed by atoms with E-state index < -0.39 is 0 Å². The number of hydrogen-bond acceptors (Lipinski definition) is 5. The maximum absolute atomic E-state index is 13.7. The normalized spacial score (nSPS) is 23.4. The van der Waals surface area contributed by atoms with Gasteiger partial charge in [0.05, 0.1) is 20.3 Å². The van der Waals surface area contributed by atoms with Gasteiger partial charge >= 0.3 is 0 Å². The molecular formula is C26H39N3O4. The topological polar surface area (TPSA) is 62.3 Å². The average molecular weight is 458 g/mol. The lowest BCUT2D eigenvalue weighted by Gasteiger charge is -2.44. The molecule has 7 nitrogen and oxygen atoms in total. The minimum Gasteiger partial charge on any atom is -0.493 e. The van der Waals surface area contributed by atoms with Gasteiger partial charge in [0.15, 0.2) is 11.5 Å². The van der Waals surface area contributed by atoms with E-state index in [0.29, 0.717) is 48.0 Å². The first kappa shape index (κ1) is 23.9. The Labute approximate surface area is 198 Å². The maximum Gasteiger partial charge on any atom is 0.254 e. The van der Waals surface area contributed by atoms with Crippen molar-refractivity contribution in [1.82, 2.24) is 14.7 Å². The predicted octanol–water partition coefficient (Wildman–Crippen LogP) is 3.42. The third-order valence-electron chi connectivity index (χ3n) is 7.81. The van der Waals surface area contributed by atoms with E-state index in [1.807, 2.05) is 4.90 Å². The summed E-state index contributed by atoms with van der Waals surface area (Å²) in [4.78, 5) is 33.3. The average Bonchev–Trinajstić information content (AvgIpc) is 3.38. The Morgan fingerprint density at radius 1 is 0.879 bits per heavy atom. The zero-order chi connectivity index (χ0) is 23.4. The van der Waals surface area contributed by atoms with Crippen LogP contribution < -0.4 is 9.47 Å². The first-order valence-electron chi connectivity index (χ1n) is 12.6. The Kier molecular flexibility index (Phi) is 7.78. The highest BCUT2D eigenvalue weighted by molar-refractivity contribution is 5.95. The van der Waals surface area contributed by atoms with Crippen LogP contribution in [0.25, 0.3) is 0 Å². The van der Waals surface area contributed by atoms with Crippen LogP contribution in [0, 0.1) is 5.92 Å². The van der Waals surface area contributed by atoms with E-state index in [1.165, 1.54) is 19.3 Å². The van der Waals surface area contributed by atoms with Crippen molar-refractivity contribution in [3.8, 4) is 11.5 Å². The molecule has 0 aromatic heterocycles.